The number of rotatable bonds is 8. The van der Waals surface area contributed by atoms with Crippen LogP contribution in [0.1, 0.15) is 71.5 Å². The van der Waals surface area contributed by atoms with Crippen molar-refractivity contribution in [3.05, 3.63) is 99.0 Å². The number of pyridine rings is 1. The molecule has 2 saturated carbocycles. The molecule has 5 aromatic rings. The molecule has 5 fully saturated rings. The number of hydrogen-bond acceptors (Lipinski definition) is 6. The molecule has 5 atom stereocenters. The average molecular weight is 737 g/mol. The third-order valence-corrected chi connectivity index (χ3v) is 12.3. The third-order valence-electron chi connectivity index (χ3n) is 11.5. The number of halogens is 3. The average Bonchev–Trinajstić information content (AvgIpc) is 3.43. The maximum absolute atomic E-state index is 17.2. The van der Waals surface area contributed by atoms with Crippen molar-refractivity contribution in [2.75, 3.05) is 13.1 Å². The van der Waals surface area contributed by atoms with Crippen LogP contribution >= 0.6 is 23.2 Å². The molecule has 5 heterocycles. The highest BCUT2D eigenvalue weighted by Crippen LogP contribution is 2.51. The summed E-state index contributed by atoms with van der Waals surface area (Å²) in [5.41, 5.74) is 4.56. The number of likely N-dealkylation sites (tertiary alicyclic amines) is 1. The number of nitrogens with zero attached hydrogens (tertiary/aromatic N) is 4. The molecule has 0 spiro atoms. The number of aromatic nitrogens is 2. The zero-order valence-corrected chi connectivity index (χ0v) is 30.1. The molecule has 52 heavy (non-hydrogen) atoms. The standard InChI is InChI=1S/C41H36Cl2FN5O3/c1-21-28-18-33(32-17-26(20-48(32)40(50)22-12-13-22)52-41(51)23-7-3-2-4-8-23)49(38-25-16-31(38)46-19-25)39(28)29-15-24(9-6-14-45)34(36(44)37(29)47-21)27-10-5-11-30(42)35(27)43/h2-5,7-8,10-11,15,18,22,25-26,31-32,38,46H,6,9,12-13,16-17,19-20H2,1H3. The van der Waals surface area contributed by atoms with Gasteiger partial charge in [0, 0.05) is 64.6 Å². The van der Waals surface area contributed by atoms with Crippen LogP contribution in [0.4, 0.5) is 4.39 Å². The summed E-state index contributed by atoms with van der Waals surface area (Å²) in [7, 11) is 0. The number of carbonyl (C=O) groups excluding carboxylic acids is 2. The van der Waals surface area contributed by atoms with Gasteiger partial charge in [0.05, 0.1) is 45.8 Å². The lowest BCUT2D eigenvalue weighted by atomic mass is 9.79. The Balaban J connectivity index is 1.24. The molecular formula is C41H36Cl2FN5O3. The Morgan fingerprint density at radius 2 is 1.88 bits per heavy atom. The quantitative estimate of drug-likeness (QED) is 0.161. The van der Waals surface area contributed by atoms with Crippen LogP contribution in [0.5, 0.6) is 0 Å². The first-order valence-electron chi connectivity index (χ1n) is 18.0. The van der Waals surface area contributed by atoms with Gasteiger partial charge in [0.25, 0.3) is 0 Å². The van der Waals surface area contributed by atoms with Crippen LogP contribution in [0.2, 0.25) is 10.0 Å². The monoisotopic (exact) mass is 735 g/mol. The Morgan fingerprint density at radius 3 is 2.60 bits per heavy atom. The van der Waals surface area contributed by atoms with E-state index in [-0.39, 0.29) is 46.9 Å². The van der Waals surface area contributed by atoms with Gasteiger partial charge in [0.15, 0.2) is 5.82 Å². The van der Waals surface area contributed by atoms with Gasteiger partial charge >= 0.3 is 5.97 Å². The normalized spacial score (nSPS) is 23.6. The van der Waals surface area contributed by atoms with Crippen molar-refractivity contribution in [1.29, 1.82) is 5.26 Å². The van der Waals surface area contributed by atoms with Gasteiger partial charge in [-0.25, -0.2) is 14.2 Å². The number of aryl methyl sites for hydroxylation is 2. The second kappa shape index (κ2) is 12.9. The van der Waals surface area contributed by atoms with Gasteiger partial charge in [-0.15, -0.1) is 0 Å². The second-order valence-electron chi connectivity index (χ2n) is 14.7. The molecule has 1 N–H and O–H groups in total. The van der Waals surface area contributed by atoms with E-state index in [1.54, 1.807) is 42.5 Å². The summed E-state index contributed by atoms with van der Waals surface area (Å²) < 4.78 is 25.6. The fourth-order valence-electron chi connectivity index (χ4n) is 8.86. The predicted molar refractivity (Wildman–Crippen MR) is 198 cm³/mol. The number of esters is 1. The van der Waals surface area contributed by atoms with Gasteiger partial charge in [-0.1, -0.05) is 53.5 Å². The molecule has 3 aromatic carbocycles. The molecule has 2 bridgehead atoms. The van der Waals surface area contributed by atoms with Crippen LogP contribution in [0.3, 0.4) is 0 Å². The summed E-state index contributed by atoms with van der Waals surface area (Å²) in [5.74, 6) is -0.488. The van der Waals surface area contributed by atoms with Crippen LogP contribution in [0.25, 0.3) is 32.9 Å². The van der Waals surface area contributed by atoms with Crippen molar-refractivity contribution in [3.63, 3.8) is 0 Å². The molecule has 10 rings (SSSR count). The predicted octanol–water partition coefficient (Wildman–Crippen LogP) is 8.51. The molecule has 5 aliphatic rings. The molecule has 0 radical (unpaired) electrons. The van der Waals surface area contributed by atoms with Crippen molar-refractivity contribution in [2.24, 2.45) is 11.8 Å². The number of hydrogen-bond donors (Lipinski definition) is 1. The highest BCUT2D eigenvalue weighted by atomic mass is 35.5. The van der Waals surface area contributed by atoms with Gasteiger partial charge in [0.1, 0.15) is 11.6 Å². The molecule has 8 nitrogen and oxygen atoms in total. The zero-order chi connectivity index (χ0) is 35.8. The van der Waals surface area contributed by atoms with Gasteiger partial charge in [0.2, 0.25) is 5.91 Å². The Bertz CT molecular complexity index is 2320. The number of ether oxygens (including phenoxy) is 1. The summed E-state index contributed by atoms with van der Waals surface area (Å²) in [6.45, 7) is 3.08. The maximum Gasteiger partial charge on any atom is 0.338 e. The molecule has 264 valence electrons. The first kappa shape index (κ1) is 33.4. The fourth-order valence-corrected chi connectivity index (χ4v) is 9.26. The lowest BCUT2D eigenvalue weighted by Crippen LogP contribution is -2.41. The fraction of sp³-hybridized carbons (Fsp3) is 0.366. The lowest BCUT2D eigenvalue weighted by Gasteiger charge is -2.39. The van der Waals surface area contributed by atoms with E-state index in [9.17, 15) is 14.9 Å². The van der Waals surface area contributed by atoms with E-state index in [1.165, 1.54) is 0 Å². The van der Waals surface area contributed by atoms with Crippen LogP contribution in [0.15, 0.2) is 60.7 Å². The van der Waals surface area contributed by atoms with Crippen LogP contribution in [-0.4, -0.2) is 51.6 Å². The Morgan fingerprint density at radius 1 is 1.08 bits per heavy atom. The number of benzene rings is 3. The second-order valence-corrected chi connectivity index (χ2v) is 15.5. The minimum Gasteiger partial charge on any atom is -0.457 e. The topological polar surface area (TPSA) is 100 Å². The minimum atomic E-state index is -0.511. The SMILES string of the molecule is Cc1nc2c(F)c(-c3cccc(Cl)c3Cl)c(CCC#N)cc2c2c1cc(C1CC(OC(=O)c3ccccc3)CN1C(=O)C1CC1)n2C1C2CNC1C2. The van der Waals surface area contributed by atoms with Crippen LogP contribution in [0, 0.1) is 35.9 Å². The highest BCUT2D eigenvalue weighted by molar-refractivity contribution is 6.43. The van der Waals surface area contributed by atoms with E-state index in [1.807, 2.05) is 24.0 Å². The minimum absolute atomic E-state index is 0.0248. The first-order valence-corrected chi connectivity index (χ1v) is 18.8. The summed E-state index contributed by atoms with van der Waals surface area (Å²) in [4.78, 5) is 34.0. The molecule has 2 aliphatic carbocycles. The van der Waals surface area contributed by atoms with Gasteiger partial charge in [-0.05, 0) is 74.4 Å². The van der Waals surface area contributed by atoms with Gasteiger partial charge < -0.3 is 19.5 Å². The molecule has 2 aromatic heterocycles. The van der Waals surface area contributed by atoms with E-state index in [2.05, 4.69) is 22.0 Å². The first-order chi connectivity index (χ1) is 25.2. The summed E-state index contributed by atoms with van der Waals surface area (Å²) in [6.07, 6.45) is 3.21. The smallest absolute Gasteiger partial charge is 0.338 e. The number of nitrogens with one attached hydrogen (secondary N) is 1. The molecule has 5 unspecified atom stereocenters. The maximum atomic E-state index is 17.2. The molecule has 11 heteroatoms. The van der Waals surface area contributed by atoms with Crippen molar-refractivity contribution in [2.45, 2.75) is 69.7 Å². The molecule has 1 amide bonds. The van der Waals surface area contributed by atoms with Crippen molar-refractivity contribution >= 4 is 56.9 Å². The number of fused-ring (bicyclic) bond motifs is 4. The van der Waals surface area contributed by atoms with E-state index in [0.29, 0.717) is 63.7 Å². The lowest BCUT2D eigenvalue weighted by molar-refractivity contribution is -0.134. The molecule has 3 aliphatic heterocycles. The summed E-state index contributed by atoms with van der Waals surface area (Å²) in [6, 6.07) is 20.4. The molecule has 3 saturated heterocycles. The van der Waals surface area contributed by atoms with Crippen molar-refractivity contribution in [1.82, 2.24) is 19.8 Å². The summed E-state index contributed by atoms with van der Waals surface area (Å²) in [5, 5.41) is 15.3. The van der Waals surface area contributed by atoms with Gasteiger partial charge in [-0.3, -0.25) is 4.79 Å². The van der Waals surface area contributed by atoms with E-state index < -0.39 is 17.9 Å². The van der Waals surface area contributed by atoms with Crippen molar-refractivity contribution in [3.8, 4) is 17.2 Å². The zero-order valence-electron chi connectivity index (χ0n) is 28.5. The summed E-state index contributed by atoms with van der Waals surface area (Å²) >= 11 is 13.1. The van der Waals surface area contributed by atoms with E-state index in [4.69, 9.17) is 32.9 Å². The number of amides is 1. The van der Waals surface area contributed by atoms with E-state index in [0.717, 1.165) is 42.4 Å². The highest BCUT2D eigenvalue weighted by Gasteiger charge is 2.51. The van der Waals surface area contributed by atoms with Crippen LogP contribution in [-0.2, 0) is 16.0 Å². The molecular weight excluding hydrogens is 700 g/mol. The Hall–Kier alpha value is -4.49. The van der Waals surface area contributed by atoms with Gasteiger partial charge in [-0.2, -0.15) is 5.26 Å². The third kappa shape index (κ3) is 5.38. The Labute approximate surface area is 310 Å². The number of carbonyl (C=O) groups is 2. The van der Waals surface area contributed by atoms with Crippen LogP contribution < -0.4 is 5.32 Å². The number of nitriles is 1. The Kier molecular flexibility index (Phi) is 8.26. The van der Waals surface area contributed by atoms with Crippen molar-refractivity contribution < 1.29 is 18.7 Å². The van der Waals surface area contributed by atoms with E-state index >= 15 is 4.39 Å². The largest absolute Gasteiger partial charge is 0.457 e.